The van der Waals surface area contributed by atoms with Crippen molar-refractivity contribution in [1.82, 2.24) is 20.0 Å². The third-order valence-electron chi connectivity index (χ3n) is 3.07. The Morgan fingerprint density at radius 3 is 2.85 bits per heavy atom. The number of furan rings is 1. The highest BCUT2D eigenvalue weighted by Crippen LogP contribution is 2.22. The van der Waals surface area contributed by atoms with Crippen molar-refractivity contribution >= 4 is 29.2 Å². The van der Waals surface area contributed by atoms with Crippen molar-refractivity contribution in [2.24, 2.45) is 0 Å². The predicted octanol–water partition coefficient (Wildman–Crippen LogP) is -1.29. The molecule has 0 atom stereocenters. The molecule has 3 aromatic heterocycles. The third kappa shape index (κ3) is 4.21. The topological polar surface area (TPSA) is 155 Å². The van der Waals surface area contributed by atoms with Gasteiger partial charge >= 0.3 is 5.76 Å². The van der Waals surface area contributed by atoms with Gasteiger partial charge in [0.25, 0.3) is 10.1 Å². The van der Waals surface area contributed by atoms with Gasteiger partial charge in [0, 0.05) is 6.54 Å². The van der Waals surface area contributed by atoms with E-state index in [0.29, 0.717) is 11.2 Å². The first kappa shape index (κ1) is 17.9. The fourth-order valence-electron chi connectivity index (χ4n) is 2.03. The lowest BCUT2D eigenvalue weighted by atomic mass is 10.0. The molecule has 0 fully saturated rings. The van der Waals surface area contributed by atoms with E-state index in [9.17, 15) is 13.2 Å². The Kier molecular flexibility index (Phi) is 4.95. The molecule has 12 nitrogen and oxygen atoms in total. The Bertz CT molecular complexity index is 1050. The van der Waals surface area contributed by atoms with Crippen LogP contribution in [0, 0.1) is 0 Å². The maximum absolute atomic E-state index is 11.9. The number of nitrogens with zero attached hydrogens (tertiary/aromatic N) is 4. The van der Waals surface area contributed by atoms with E-state index in [1.54, 1.807) is 6.07 Å². The number of hydrogen-bond acceptors (Lipinski definition) is 11. The van der Waals surface area contributed by atoms with Crippen LogP contribution in [0.5, 0.6) is 0 Å². The Balaban J connectivity index is 1.78. The molecular weight excluding hydrogens is 369 g/mol. The monoisotopic (exact) mass is 381 g/mol. The molecule has 1 N–H and O–H groups in total. The van der Waals surface area contributed by atoms with Gasteiger partial charge in [0.2, 0.25) is 11.6 Å². The van der Waals surface area contributed by atoms with Crippen LogP contribution in [0.2, 0.25) is 0 Å². The predicted molar refractivity (Wildman–Crippen MR) is 86.5 cm³/mol. The molecule has 26 heavy (non-hydrogen) atoms. The van der Waals surface area contributed by atoms with Gasteiger partial charge in [0.1, 0.15) is 13.6 Å². The van der Waals surface area contributed by atoms with Gasteiger partial charge in [-0.3, -0.25) is 8.71 Å². The first-order valence-corrected chi connectivity index (χ1v) is 8.96. The number of nitrogens with one attached hydrogen (secondary N) is 1. The van der Waals surface area contributed by atoms with Crippen LogP contribution >= 0.6 is 0 Å². The zero-order valence-electron chi connectivity index (χ0n) is 13.4. The van der Waals surface area contributed by atoms with Gasteiger partial charge in [-0.2, -0.15) is 8.42 Å². The average molecular weight is 381 g/mol. The van der Waals surface area contributed by atoms with E-state index in [4.69, 9.17) is 12.3 Å². The normalized spacial score (nSPS) is 11.7. The summed E-state index contributed by atoms with van der Waals surface area (Å²) >= 11 is 0. The first-order chi connectivity index (χ1) is 12.3. The summed E-state index contributed by atoms with van der Waals surface area (Å²) in [5, 5.41) is 13.8. The van der Waals surface area contributed by atoms with Crippen molar-refractivity contribution in [3.05, 3.63) is 28.6 Å². The summed E-state index contributed by atoms with van der Waals surface area (Å²) in [4.78, 5) is 11.9. The van der Waals surface area contributed by atoms with Gasteiger partial charge in [-0.25, -0.2) is 14.0 Å². The molecule has 0 aliphatic carbocycles. The molecule has 3 rings (SSSR count). The second kappa shape index (κ2) is 7.17. The Morgan fingerprint density at radius 2 is 2.15 bits per heavy atom. The van der Waals surface area contributed by atoms with Crippen LogP contribution in [0.3, 0.4) is 0 Å². The summed E-state index contributed by atoms with van der Waals surface area (Å²) in [6.07, 6.45) is 2.27. The standard InChI is InChI=1S/C12H12BN5O7S/c1-26(20,21)23-3-2-14-10-9(15-25-16-10)11-17-24-12(19)18(11)5-8-4-7(13)6-22-8/h4,6H,2-3,5H2,1H3,(H,14,16). The second-order valence-electron chi connectivity index (χ2n) is 5.12. The molecule has 0 saturated carbocycles. The van der Waals surface area contributed by atoms with Crippen LogP contribution in [0.25, 0.3) is 11.5 Å². The van der Waals surface area contributed by atoms with E-state index in [1.165, 1.54) is 6.26 Å². The molecular formula is C12H12BN5O7S. The molecule has 0 aliphatic heterocycles. The van der Waals surface area contributed by atoms with Gasteiger partial charge in [-0.15, -0.1) is 0 Å². The molecule has 2 radical (unpaired) electrons. The third-order valence-corrected chi connectivity index (χ3v) is 3.66. The second-order valence-corrected chi connectivity index (χ2v) is 6.76. The Hall–Kier alpha value is -2.87. The summed E-state index contributed by atoms with van der Waals surface area (Å²) in [6.45, 7) is -0.0497. The summed E-state index contributed by atoms with van der Waals surface area (Å²) in [7, 11) is 2.02. The van der Waals surface area contributed by atoms with E-state index in [-0.39, 0.29) is 37.0 Å². The molecule has 0 aromatic carbocycles. The number of anilines is 1. The lowest BCUT2D eigenvalue weighted by Crippen LogP contribution is -2.17. The van der Waals surface area contributed by atoms with Crippen LogP contribution in [0.4, 0.5) is 5.82 Å². The maximum Gasteiger partial charge on any atom is 0.442 e. The van der Waals surface area contributed by atoms with Crippen molar-refractivity contribution in [1.29, 1.82) is 0 Å². The largest absolute Gasteiger partial charge is 0.468 e. The van der Waals surface area contributed by atoms with Crippen LogP contribution in [-0.2, 0) is 20.8 Å². The minimum absolute atomic E-state index is 0.00163. The molecule has 0 saturated heterocycles. The quantitative estimate of drug-likeness (QED) is 0.281. The number of aromatic nitrogens is 4. The molecule has 0 bridgehead atoms. The number of hydrogen-bond donors (Lipinski definition) is 1. The summed E-state index contributed by atoms with van der Waals surface area (Å²) in [6, 6.07) is 1.55. The van der Waals surface area contributed by atoms with Crippen LogP contribution < -0.4 is 16.5 Å². The van der Waals surface area contributed by atoms with Crippen molar-refractivity contribution < 1.29 is 26.2 Å². The van der Waals surface area contributed by atoms with Crippen molar-refractivity contribution in [3.63, 3.8) is 0 Å². The van der Waals surface area contributed by atoms with Crippen molar-refractivity contribution in [2.45, 2.75) is 6.54 Å². The molecule has 14 heteroatoms. The number of rotatable bonds is 8. The van der Waals surface area contributed by atoms with E-state index in [0.717, 1.165) is 10.8 Å². The lowest BCUT2D eigenvalue weighted by molar-refractivity contribution is 0.308. The lowest BCUT2D eigenvalue weighted by Gasteiger charge is -2.04. The van der Waals surface area contributed by atoms with E-state index >= 15 is 0 Å². The minimum Gasteiger partial charge on any atom is -0.468 e. The van der Waals surface area contributed by atoms with Crippen molar-refractivity contribution in [3.8, 4) is 11.5 Å². The van der Waals surface area contributed by atoms with Gasteiger partial charge in [-0.05, 0) is 16.4 Å². The van der Waals surface area contributed by atoms with Crippen molar-refractivity contribution in [2.75, 3.05) is 24.7 Å². The molecule has 0 amide bonds. The Morgan fingerprint density at radius 1 is 1.35 bits per heavy atom. The zero-order valence-corrected chi connectivity index (χ0v) is 14.2. The highest BCUT2D eigenvalue weighted by molar-refractivity contribution is 7.85. The molecule has 0 aliphatic rings. The fraction of sp³-hybridized carbons (Fsp3) is 0.333. The minimum atomic E-state index is -3.56. The van der Waals surface area contributed by atoms with Gasteiger partial charge in [0.05, 0.1) is 25.7 Å². The van der Waals surface area contributed by atoms with Crippen LogP contribution in [0.1, 0.15) is 5.76 Å². The first-order valence-electron chi connectivity index (χ1n) is 7.14. The summed E-state index contributed by atoms with van der Waals surface area (Å²) in [5.74, 6) is -0.174. The van der Waals surface area contributed by atoms with Crippen LogP contribution in [0.15, 0.2) is 30.7 Å². The zero-order chi connectivity index (χ0) is 18.7. The molecule has 136 valence electrons. The Labute approximate surface area is 147 Å². The summed E-state index contributed by atoms with van der Waals surface area (Å²) < 4.78 is 42.1. The highest BCUT2D eigenvalue weighted by Gasteiger charge is 2.22. The smallest absolute Gasteiger partial charge is 0.442 e. The van der Waals surface area contributed by atoms with Crippen LogP contribution in [-0.4, -0.2) is 55.7 Å². The van der Waals surface area contributed by atoms with E-state index < -0.39 is 15.9 Å². The SMILES string of the molecule is [B]c1coc(Cn2c(-c3nonc3NCCOS(C)(=O)=O)noc2=O)c1. The van der Waals surface area contributed by atoms with E-state index in [2.05, 4.69) is 34.1 Å². The fourth-order valence-corrected chi connectivity index (χ4v) is 2.41. The molecule has 3 aromatic rings. The maximum atomic E-state index is 11.9. The average Bonchev–Trinajstić information content (AvgIpc) is 3.26. The summed E-state index contributed by atoms with van der Waals surface area (Å²) in [5.41, 5.74) is 0.497. The highest BCUT2D eigenvalue weighted by atomic mass is 32.2. The molecule has 3 heterocycles. The van der Waals surface area contributed by atoms with E-state index in [1.807, 2.05) is 0 Å². The van der Waals surface area contributed by atoms with Gasteiger partial charge < -0.3 is 9.73 Å². The molecule has 0 unspecified atom stereocenters. The van der Waals surface area contributed by atoms with Gasteiger partial charge in [0.15, 0.2) is 5.69 Å². The molecule has 0 spiro atoms. The van der Waals surface area contributed by atoms with Gasteiger partial charge in [-0.1, -0.05) is 10.6 Å².